The lowest BCUT2D eigenvalue weighted by Crippen LogP contribution is -2.46. The summed E-state index contributed by atoms with van der Waals surface area (Å²) in [7, 11) is -1.55. The highest BCUT2D eigenvalue weighted by molar-refractivity contribution is 7.89. The van der Waals surface area contributed by atoms with Crippen LogP contribution >= 0.6 is 12.4 Å². The molecule has 19 heavy (non-hydrogen) atoms. The molecule has 1 atom stereocenters. The SMILES string of the molecule is CNC1CCCN(S(=O)(=O)c2cc(C)oc2C)C1.Cl. The summed E-state index contributed by atoms with van der Waals surface area (Å²) in [5.74, 6) is 1.10. The van der Waals surface area contributed by atoms with Gasteiger partial charge >= 0.3 is 0 Å². The van der Waals surface area contributed by atoms with Crippen LogP contribution in [0.5, 0.6) is 0 Å². The molecule has 2 heterocycles. The van der Waals surface area contributed by atoms with Crippen LogP contribution in [0.4, 0.5) is 0 Å². The maximum atomic E-state index is 12.5. The number of halogens is 1. The van der Waals surface area contributed by atoms with Crippen molar-refractivity contribution in [2.75, 3.05) is 20.1 Å². The van der Waals surface area contributed by atoms with Crippen molar-refractivity contribution in [1.29, 1.82) is 0 Å². The quantitative estimate of drug-likeness (QED) is 0.923. The highest BCUT2D eigenvalue weighted by Crippen LogP contribution is 2.25. The van der Waals surface area contributed by atoms with Gasteiger partial charge in [-0.2, -0.15) is 4.31 Å². The summed E-state index contributed by atoms with van der Waals surface area (Å²) in [5, 5.41) is 3.15. The van der Waals surface area contributed by atoms with Gasteiger partial charge in [-0.05, 0) is 39.8 Å². The third kappa shape index (κ3) is 3.31. The standard InChI is InChI=1S/C12H20N2O3S.ClH/c1-9-7-12(10(2)17-9)18(15,16)14-6-4-5-11(8-14)13-3;/h7,11,13H,4-6,8H2,1-3H3;1H. The van der Waals surface area contributed by atoms with Gasteiger partial charge in [0, 0.05) is 19.1 Å². The Labute approximate surface area is 120 Å². The van der Waals surface area contributed by atoms with E-state index in [1.54, 1.807) is 24.2 Å². The number of nitrogens with zero attached hydrogens (tertiary/aromatic N) is 1. The van der Waals surface area contributed by atoms with Crippen LogP contribution in [-0.4, -0.2) is 38.9 Å². The third-order valence-corrected chi connectivity index (χ3v) is 5.38. The van der Waals surface area contributed by atoms with E-state index in [1.807, 2.05) is 7.05 Å². The minimum Gasteiger partial charge on any atom is -0.465 e. The highest BCUT2D eigenvalue weighted by Gasteiger charge is 2.32. The molecule has 1 saturated heterocycles. The maximum Gasteiger partial charge on any atom is 0.246 e. The predicted molar refractivity (Wildman–Crippen MR) is 76.3 cm³/mol. The minimum absolute atomic E-state index is 0. The summed E-state index contributed by atoms with van der Waals surface area (Å²) in [6.07, 6.45) is 1.91. The van der Waals surface area contributed by atoms with Crippen molar-refractivity contribution in [2.45, 2.75) is 37.6 Å². The van der Waals surface area contributed by atoms with Crippen molar-refractivity contribution in [2.24, 2.45) is 0 Å². The molecule has 1 aromatic heterocycles. The van der Waals surface area contributed by atoms with E-state index < -0.39 is 10.0 Å². The van der Waals surface area contributed by atoms with Crippen LogP contribution in [0, 0.1) is 13.8 Å². The van der Waals surface area contributed by atoms with Gasteiger partial charge in [0.15, 0.2) is 0 Å². The molecule has 0 radical (unpaired) electrons. The molecule has 1 aliphatic rings. The second-order valence-electron chi connectivity index (χ2n) is 4.77. The fraction of sp³-hybridized carbons (Fsp3) is 0.667. The first kappa shape index (κ1) is 16.5. The molecule has 1 N–H and O–H groups in total. The number of furan rings is 1. The molecule has 1 aliphatic heterocycles. The largest absolute Gasteiger partial charge is 0.465 e. The molecule has 1 fully saturated rings. The first-order chi connectivity index (χ1) is 8.45. The molecule has 0 aliphatic carbocycles. The van der Waals surface area contributed by atoms with Crippen LogP contribution in [0.3, 0.4) is 0 Å². The average Bonchev–Trinajstić information content (AvgIpc) is 2.69. The molecule has 7 heteroatoms. The molecule has 2 rings (SSSR count). The Morgan fingerprint density at radius 3 is 2.63 bits per heavy atom. The first-order valence-electron chi connectivity index (χ1n) is 6.19. The van der Waals surface area contributed by atoms with Crippen LogP contribution in [0.1, 0.15) is 24.4 Å². The number of piperidine rings is 1. The summed E-state index contributed by atoms with van der Waals surface area (Å²) in [5.41, 5.74) is 0. The Bertz CT molecular complexity index is 527. The molecule has 1 unspecified atom stereocenters. The van der Waals surface area contributed by atoms with Gasteiger partial charge in [0.25, 0.3) is 0 Å². The number of sulfonamides is 1. The molecular weight excluding hydrogens is 288 g/mol. The topological polar surface area (TPSA) is 62.6 Å². The Morgan fingerprint density at radius 1 is 1.42 bits per heavy atom. The van der Waals surface area contributed by atoms with E-state index in [4.69, 9.17) is 4.42 Å². The van der Waals surface area contributed by atoms with Crippen LogP contribution in [0.15, 0.2) is 15.4 Å². The molecule has 5 nitrogen and oxygen atoms in total. The average molecular weight is 309 g/mol. The van der Waals surface area contributed by atoms with E-state index in [-0.39, 0.29) is 18.4 Å². The lowest BCUT2D eigenvalue weighted by molar-refractivity contribution is 0.292. The van der Waals surface area contributed by atoms with Crippen LogP contribution < -0.4 is 5.32 Å². The summed E-state index contributed by atoms with van der Waals surface area (Å²) in [6.45, 7) is 4.57. The van der Waals surface area contributed by atoms with Gasteiger partial charge < -0.3 is 9.73 Å². The summed E-state index contributed by atoms with van der Waals surface area (Å²) in [4.78, 5) is 0.303. The number of likely N-dealkylation sites (N-methyl/N-ethyl adjacent to an activating group) is 1. The van der Waals surface area contributed by atoms with Gasteiger partial charge in [-0.3, -0.25) is 0 Å². The zero-order valence-electron chi connectivity index (χ0n) is 11.5. The highest BCUT2D eigenvalue weighted by atomic mass is 35.5. The van der Waals surface area contributed by atoms with Crippen LogP contribution in [0.25, 0.3) is 0 Å². The second kappa shape index (κ2) is 6.26. The zero-order valence-corrected chi connectivity index (χ0v) is 13.1. The van der Waals surface area contributed by atoms with Crippen molar-refractivity contribution in [3.8, 4) is 0 Å². The fourth-order valence-corrected chi connectivity index (χ4v) is 4.14. The maximum absolute atomic E-state index is 12.5. The van der Waals surface area contributed by atoms with Crippen molar-refractivity contribution < 1.29 is 12.8 Å². The van der Waals surface area contributed by atoms with E-state index in [1.165, 1.54) is 0 Å². The van der Waals surface area contributed by atoms with Gasteiger partial charge in [-0.1, -0.05) is 0 Å². The molecule has 0 amide bonds. The molecule has 0 bridgehead atoms. The van der Waals surface area contributed by atoms with Gasteiger partial charge in [-0.25, -0.2) is 8.42 Å². The van der Waals surface area contributed by atoms with Crippen LogP contribution in [-0.2, 0) is 10.0 Å². The number of hydrogen-bond donors (Lipinski definition) is 1. The van der Waals surface area contributed by atoms with E-state index in [9.17, 15) is 8.42 Å². The Hall–Kier alpha value is -0.560. The monoisotopic (exact) mass is 308 g/mol. The van der Waals surface area contributed by atoms with E-state index in [0.717, 1.165) is 12.8 Å². The molecule has 0 saturated carbocycles. The normalized spacial score (nSPS) is 21.1. The molecule has 0 aromatic carbocycles. The Morgan fingerprint density at radius 2 is 2.11 bits per heavy atom. The van der Waals surface area contributed by atoms with Crippen molar-refractivity contribution in [1.82, 2.24) is 9.62 Å². The number of hydrogen-bond acceptors (Lipinski definition) is 4. The van der Waals surface area contributed by atoms with Gasteiger partial charge in [0.05, 0.1) is 0 Å². The van der Waals surface area contributed by atoms with Crippen LogP contribution in [0.2, 0.25) is 0 Å². The lowest BCUT2D eigenvalue weighted by atomic mass is 10.1. The van der Waals surface area contributed by atoms with E-state index >= 15 is 0 Å². The second-order valence-corrected chi connectivity index (χ2v) is 6.67. The number of rotatable bonds is 3. The fourth-order valence-electron chi connectivity index (χ4n) is 2.40. The minimum atomic E-state index is -3.42. The van der Waals surface area contributed by atoms with Crippen molar-refractivity contribution in [3.05, 3.63) is 17.6 Å². The van der Waals surface area contributed by atoms with Gasteiger partial charge in [0.1, 0.15) is 16.4 Å². The Balaban J connectivity index is 0.00000180. The molecule has 110 valence electrons. The Kier molecular flexibility index (Phi) is 5.43. The van der Waals surface area contributed by atoms with Gasteiger partial charge in [-0.15, -0.1) is 12.4 Å². The lowest BCUT2D eigenvalue weighted by Gasteiger charge is -2.31. The molecular formula is C12H21ClN2O3S. The van der Waals surface area contributed by atoms with Crippen molar-refractivity contribution in [3.63, 3.8) is 0 Å². The van der Waals surface area contributed by atoms with E-state index in [0.29, 0.717) is 29.5 Å². The van der Waals surface area contributed by atoms with Gasteiger partial charge in [0.2, 0.25) is 10.0 Å². The first-order valence-corrected chi connectivity index (χ1v) is 7.63. The predicted octanol–water partition coefficient (Wildman–Crippen LogP) is 1.69. The summed E-state index contributed by atoms with van der Waals surface area (Å²) >= 11 is 0. The summed E-state index contributed by atoms with van der Waals surface area (Å²) < 4.78 is 31.9. The molecule has 1 aromatic rings. The third-order valence-electron chi connectivity index (χ3n) is 3.41. The molecule has 0 spiro atoms. The smallest absolute Gasteiger partial charge is 0.246 e. The van der Waals surface area contributed by atoms with Crippen molar-refractivity contribution >= 4 is 22.4 Å². The number of aryl methyl sites for hydroxylation is 2. The number of nitrogens with one attached hydrogen (secondary N) is 1. The summed E-state index contributed by atoms with van der Waals surface area (Å²) in [6, 6.07) is 1.84. The van der Waals surface area contributed by atoms with E-state index in [2.05, 4.69) is 5.32 Å². The zero-order chi connectivity index (χ0) is 13.3.